The lowest BCUT2D eigenvalue weighted by atomic mass is 10.2. The molecular weight excluding hydrogens is 335 g/mol. The average Bonchev–Trinajstić information content (AvgIpc) is 3.06. The molecule has 1 aliphatic rings. The van der Waals surface area contributed by atoms with Crippen molar-refractivity contribution >= 4 is 17.2 Å². The van der Waals surface area contributed by atoms with E-state index in [4.69, 9.17) is 0 Å². The fourth-order valence-electron chi connectivity index (χ4n) is 2.87. The topological polar surface area (TPSA) is 62.5 Å². The van der Waals surface area contributed by atoms with Crippen molar-refractivity contribution in [1.82, 2.24) is 24.8 Å². The molecule has 0 atom stereocenters. The number of hydrogen-bond donors (Lipinski definition) is 0. The maximum Gasteiger partial charge on any atom is 0.453 e. The van der Waals surface area contributed by atoms with Gasteiger partial charge in [0.2, 0.25) is 0 Å². The second-order valence-corrected chi connectivity index (χ2v) is 5.66. The highest BCUT2D eigenvalue weighted by atomic mass is 19.4. The van der Waals surface area contributed by atoms with Gasteiger partial charge in [-0.05, 0) is 24.3 Å². The quantitative estimate of drug-likeness (QED) is 0.704. The van der Waals surface area contributed by atoms with Gasteiger partial charge in [0, 0.05) is 44.3 Å². The van der Waals surface area contributed by atoms with Gasteiger partial charge < -0.3 is 9.80 Å². The van der Waals surface area contributed by atoms with Crippen molar-refractivity contribution in [2.45, 2.75) is 6.18 Å². The molecule has 0 saturated carbocycles. The van der Waals surface area contributed by atoms with E-state index in [0.717, 1.165) is 23.3 Å². The van der Waals surface area contributed by atoms with E-state index < -0.39 is 12.0 Å². The van der Waals surface area contributed by atoms with E-state index in [1.54, 1.807) is 18.5 Å². The summed E-state index contributed by atoms with van der Waals surface area (Å²) in [7, 11) is 0. The number of halogens is 3. The molecule has 0 unspecified atom stereocenters. The Hall–Kier alpha value is -2.91. The Balaban J connectivity index is 1.55. The number of alkyl halides is 3. The van der Waals surface area contributed by atoms with Gasteiger partial charge in [-0.15, -0.1) is 15.3 Å². The molecule has 3 aromatic heterocycles. The smallest absolute Gasteiger partial charge is 0.368 e. The van der Waals surface area contributed by atoms with Crippen molar-refractivity contribution in [3.63, 3.8) is 0 Å². The lowest BCUT2D eigenvalue weighted by Gasteiger charge is -2.36. The summed E-state index contributed by atoms with van der Waals surface area (Å²) in [5.41, 5.74) is 1.16. The van der Waals surface area contributed by atoms with Crippen LogP contribution in [0.2, 0.25) is 0 Å². The van der Waals surface area contributed by atoms with E-state index in [2.05, 4.69) is 25.2 Å². The van der Waals surface area contributed by atoms with Crippen LogP contribution in [-0.4, -0.2) is 51.0 Å². The van der Waals surface area contributed by atoms with Crippen LogP contribution in [0, 0.1) is 0 Å². The minimum atomic E-state index is -4.59. The van der Waals surface area contributed by atoms with Crippen molar-refractivity contribution in [2.75, 3.05) is 36.0 Å². The molecule has 1 aliphatic heterocycles. The van der Waals surface area contributed by atoms with Gasteiger partial charge in [-0.25, -0.2) is 0 Å². The van der Waals surface area contributed by atoms with Crippen LogP contribution in [0.3, 0.4) is 0 Å². The van der Waals surface area contributed by atoms with E-state index >= 15 is 0 Å². The van der Waals surface area contributed by atoms with Crippen LogP contribution in [0.5, 0.6) is 0 Å². The van der Waals surface area contributed by atoms with Gasteiger partial charge in [-0.2, -0.15) is 17.7 Å². The fourth-order valence-corrected chi connectivity index (χ4v) is 2.87. The summed E-state index contributed by atoms with van der Waals surface area (Å²) in [5, 5.41) is 10.8. The lowest BCUT2D eigenvalue weighted by molar-refractivity contribution is -0.146. The fraction of sp³-hybridized carbons (Fsp3) is 0.333. The zero-order chi connectivity index (χ0) is 17.4. The first kappa shape index (κ1) is 15.6. The Kier molecular flexibility index (Phi) is 3.66. The molecule has 3 aromatic rings. The zero-order valence-corrected chi connectivity index (χ0v) is 13.1. The van der Waals surface area contributed by atoms with Gasteiger partial charge in [0.25, 0.3) is 5.82 Å². The number of rotatable bonds is 2. The molecule has 25 heavy (non-hydrogen) atoms. The number of fused-ring (bicyclic) bond motifs is 1. The number of hydrogen-bond acceptors (Lipinski definition) is 6. The van der Waals surface area contributed by atoms with Crippen LogP contribution in [0.15, 0.2) is 36.7 Å². The van der Waals surface area contributed by atoms with E-state index in [1.807, 2.05) is 17.0 Å². The summed E-state index contributed by atoms with van der Waals surface area (Å²) in [4.78, 5) is 8.16. The minimum Gasteiger partial charge on any atom is -0.368 e. The predicted molar refractivity (Wildman–Crippen MR) is 84.4 cm³/mol. The van der Waals surface area contributed by atoms with Gasteiger partial charge in [0.1, 0.15) is 5.82 Å². The van der Waals surface area contributed by atoms with Gasteiger partial charge in [0.15, 0.2) is 5.65 Å². The number of piperazine rings is 1. The van der Waals surface area contributed by atoms with Crippen LogP contribution < -0.4 is 9.80 Å². The number of nitrogens with zero attached hydrogens (tertiary/aromatic N) is 7. The number of pyridine rings is 1. The molecule has 0 N–H and O–H groups in total. The molecule has 4 rings (SSSR count). The summed E-state index contributed by atoms with van der Waals surface area (Å²) in [5.74, 6) is -0.632. The van der Waals surface area contributed by atoms with E-state index in [0.29, 0.717) is 18.9 Å². The normalized spacial score (nSPS) is 15.8. The van der Waals surface area contributed by atoms with Crippen molar-refractivity contribution in [3.8, 4) is 0 Å². The molecule has 0 aliphatic carbocycles. The monoisotopic (exact) mass is 349 g/mol. The van der Waals surface area contributed by atoms with Crippen LogP contribution in [0.4, 0.5) is 24.7 Å². The molecule has 0 spiro atoms. The Morgan fingerprint density at radius 2 is 1.52 bits per heavy atom. The largest absolute Gasteiger partial charge is 0.453 e. The van der Waals surface area contributed by atoms with Crippen LogP contribution in [-0.2, 0) is 6.18 Å². The molecule has 0 bridgehead atoms. The molecular formula is C15H14F3N7. The predicted octanol–water partition coefficient (Wildman–Crippen LogP) is 1.86. The number of anilines is 2. The molecule has 7 nitrogen and oxygen atoms in total. The maximum atomic E-state index is 13.0. The highest BCUT2D eigenvalue weighted by molar-refractivity contribution is 5.50. The third-order valence-electron chi connectivity index (χ3n) is 4.13. The van der Waals surface area contributed by atoms with Crippen molar-refractivity contribution in [3.05, 3.63) is 42.5 Å². The Bertz CT molecular complexity index is 870. The lowest BCUT2D eigenvalue weighted by Crippen LogP contribution is -2.47. The summed E-state index contributed by atoms with van der Waals surface area (Å²) in [6.45, 7) is 2.81. The molecule has 10 heteroatoms. The van der Waals surface area contributed by atoms with Gasteiger partial charge in [-0.1, -0.05) is 0 Å². The van der Waals surface area contributed by atoms with Gasteiger partial charge in [0.05, 0.1) is 0 Å². The van der Waals surface area contributed by atoms with E-state index in [-0.39, 0.29) is 5.65 Å². The Morgan fingerprint density at radius 3 is 2.20 bits per heavy atom. The minimum absolute atomic E-state index is 0.0755. The maximum absolute atomic E-state index is 13.0. The summed E-state index contributed by atoms with van der Waals surface area (Å²) in [6.07, 6.45) is -1.12. The third kappa shape index (κ3) is 2.94. The third-order valence-corrected chi connectivity index (χ3v) is 4.13. The first-order valence-corrected chi connectivity index (χ1v) is 7.72. The number of aromatic nitrogens is 5. The molecule has 130 valence electrons. The zero-order valence-electron chi connectivity index (χ0n) is 13.1. The average molecular weight is 349 g/mol. The van der Waals surface area contributed by atoms with Crippen molar-refractivity contribution < 1.29 is 13.2 Å². The van der Waals surface area contributed by atoms with Crippen LogP contribution in [0.1, 0.15) is 5.82 Å². The molecule has 1 saturated heterocycles. The second-order valence-electron chi connectivity index (χ2n) is 5.66. The van der Waals surface area contributed by atoms with Crippen molar-refractivity contribution in [2.24, 2.45) is 0 Å². The molecule has 0 aromatic carbocycles. The first-order valence-electron chi connectivity index (χ1n) is 7.72. The second kappa shape index (κ2) is 5.87. The SMILES string of the molecule is FC(F)(F)c1nnc2ccc(N3CCN(c4ccncc4)CC3)nn12. The highest BCUT2D eigenvalue weighted by Crippen LogP contribution is 2.28. The summed E-state index contributed by atoms with van der Waals surface area (Å²) >= 11 is 0. The summed E-state index contributed by atoms with van der Waals surface area (Å²) in [6, 6.07) is 7.05. The highest BCUT2D eigenvalue weighted by Gasteiger charge is 2.37. The first-order chi connectivity index (χ1) is 12.0. The Labute approximate surface area is 140 Å². The van der Waals surface area contributed by atoms with E-state index in [1.165, 1.54) is 6.07 Å². The standard InChI is InChI=1S/C15H14F3N7/c16-15(17,18)14-21-20-12-1-2-13(22-25(12)14)24-9-7-23(8-10-24)11-3-5-19-6-4-11/h1-6H,7-10H2. The molecule has 0 radical (unpaired) electrons. The molecule has 4 heterocycles. The molecule has 0 amide bonds. The summed E-state index contributed by atoms with van der Waals surface area (Å²) < 4.78 is 39.7. The Morgan fingerprint density at radius 1 is 0.840 bits per heavy atom. The van der Waals surface area contributed by atoms with E-state index in [9.17, 15) is 13.2 Å². The van der Waals surface area contributed by atoms with Crippen LogP contribution in [0.25, 0.3) is 5.65 Å². The van der Waals surface area contributed by atoms with Gasteiger partial charge in [-0.3, -0.25) is 4.98 Å². The van der Waals surface area contributed by atoms with Crippen molar-refractivity contribution in [1.29, 1.82) is 0 Å². The van der Waals surface area contributed by atoms with Crippen LogP contribution >= 0.6 is 0 Å². The van der Waals surface area contributed by atoms with Gasteiger partial charge >= 0.3 is 6.18 Å². The molecule has 1 fully saturated rings.